The molecule has 4 nitrogen and oxygen atoms in total. The third-order valence-electron chi connectivity index (χ3n) is 5.49. The number of carbonyl (C=O) groups is 1. The molecule has 0 unspecified atom stereocenters. The van der Waals surface area contributed by atoms with Crippen molar-refractivity contribution in [3.05, 3.63) is 52.8 Å². The number of hydrogen-bond acceptors (Lipinski definition) is 3. The van der Waals surface area contributed by atoms with E-state index in [0.29, 0.717) is 16.7 Å². The van der Waals surface area contributed by atoms with Crippen LogP contribution in [0, 0.1) is 5.82 Å². The maximum Gasteiger partial charge on any atom is 0.416 e. The molecule has 0 radical (unpaired) electrons. The van der Waals surface area contributed by atoms with E-state index in [0.717, 1.165) is 12.1 Å². The fourth-order valence-corrected chi connectivity index (χ4v) is 3.65. The highest BCUT2D eigenvalue weighted by atomic mass is 19.4. The lowest BCUT2D eigenvalue weighted by Gasteiger charge is -2.29. The number of carbonyl (C=O) groups excluding carboxylic acids is 1. The fraction of sp³-hybridized carbons (Fsp3) is 0.435. The summed E-state index contributed by atoms with van der Waals surface area (Å²) < 4.78 is 65.2. The van der Waals surface area contributed by atoms with Crippen molar-refractivity contribution in [2.24, 2.45) is 0 Å². The highest BCUT2D eigenvalue weighted by Crippen LogP contribution is 2.40. The fourth-order valence-electron chi connectivity index (χ4n) is 3.65. The molecule has 0 bridgehead atoms. The maximum atomic E-state index is 14.5. The van der Waals surface area contributed by atoms with Gasteiger partial charge in [0.2, 0.25) is 0 Å². The van der Waals surface area contributed by atoms with Gasteiger partial charge in [-0.2, -0.15) is 13.2 Å². The Balaban J connectivity index is 2.21. The molecule has 1 fully saturated rings. The highest BCUT2D eigenvalue weighted by Gasteiger charge is 2.40. The number of cyclic esters (lactones) is 1. The Labute approximate surface area is 178 Å². The first-order valence-electron chi connectivity index (χ1n) is 9.87. The Morgan fingerprint density at radius 2 is 1.84 bits per heavy atom. The van der Waals surface area contributed by atoms with Gasteiger partial charge in [0.25, 0.3) is 0 Å². The van der Waals surface area contributed by atoms with Crippen molar-refractivity contribution in [3.8, 4) is 16.9 Å². The summed E-state index contributed by atoms with van der Waals surface area (Å²) in [6, 6.07) is 6.17. The van der Waals surface area contributed by atoms with Crippen molar-refractivity contribution < 1.29 is 31.8 Å². The molecular weight excluding hydrogens is 414 g/mol. The van der Waals surface area contributed by atoms with Crippen molar-refractivity contribution >= 4 is 6.09 Å². The van der Waals surface area contributed by atoms with Gasteiger partial charge in [0.05, 0.1) is 24.8 Å². The predicted octanol–water partition coefficient (Wildman–Crippen LogP) is 6.37. The van der Waals surface area contributed by atoms with Crippen LogP contribution in [-0.4, -0.2) is 30.2 Å². The Morgan fingerprint density at radius 1 is 1.16 bits per heavy atom. The predicted molar refractivity (Wildman–Crippen MR) is 108 cm³/mol. The molecule has 0 saturated carbocycles. The number of hydrogen-bond donors (Lipinski definition) is 0. The summed E-state index contributed by atoms with van der Waals surface area (Å²) >= 11 is 0. The van der Waals surface area contributed by atoms with Gasteiger partial charge < -0.3 is 9.47 Å². The monoisotopic (exact) mass is 439 g/mol. The lowest BCUT2D eigenvalue weighted by Crippen LogP contribution is -2.41. The molecule has 3 rings (SSSR count). The number of halogens is 4. The lowest BCUT2D eigenvalue weighted by molar-refractivity contribution is -0.137. The van der Waals surface area contributed by atoms with Crippen molar-refractivity contribution in [3.63, 3.8) is 0 Å². The van der Waals surface area contributed by atoms with Gasteiger partial charge in [-0.1, -0.05) is 19.9 Å². The second-order valence-corrected chi connectivity index (χ2v) is 8.55. The summed E-state index contributed by atoms with van der Waals surface area (Å²) in [5, 5.41) is 0. The minimum Gasteiger partial charge on any atom is -0.496 e. The van der Waals surface area contributed by atoms with Crippen LogP contribution in [0.15, 0.2) is 30.3 Å². The average molecular weight is 439 g/mol. The third kappa shape index (κ3) is 4.48. The van der Waals surface area contributed by atoms with Crippen LogP contribution in [0.4, 0.5) is 22.4 Å². The zero-order valence-corrected chi connectivity index (χ0v) is 18.1. The summed E-state index contributed by atoms with van der Waals surface area (Å²) in [6.07, 6.45) is -5.15. The molecule has 0 N–H and O–H groups in total. The molecule has 1 aliphatic rings. The van der Waals surface area contributed by atoms with E-state index >= 15 is 0 Å². The largest absolute Gasteiger partial charge is 0.496 e. The SMILES string of the molecule is COc1cc(F)c(C(C)C)cc1-c1ccc(C(F)(F)F)cc1CN1C(=O)OCC1(C)C. The molecule has 1 heterocycles. The average Bonchev–Trinajstić information content (AvgIpc) is 2.93. The second-order valence-electron chi connectivity index (χ2n) is 8.55. The van der Waals surface area contributed by atoms with Crippen LogP contribution in [0.2, 0.25) is 0 Å². The minimum atomic E-state index is -4.55. The third-order valence-corrected chi connectivity index (χ3v) is 5.49. The Morgan fingerprint density at radius 3 is 2.35 bits per heavy atom. The van der Waals surface area contributed by atoms with Crippen molar-refractivity contribution in [2.45, 2.75) is 51.9 Å². The van der Waals surface area contributed by atoms with Gasteiger partial charge in [-0.3, -0.25) is 4.90 Å². The molecule has 0 spiro atoms. The molecule has 168 valence electrons. The maximum absolute atomic E-state index is 14.5. The molecule has 8 heteroatoms. The zero-order chi connectivity index (χ0) is 23.1. The van der Waals surface area contributed by atoms with Gasteiger partial charge in [0.15, 0.2) is 0 Å². The zero-order valence-electron chi connectivity index (χ0n) is 18.1. The van der Waals surface area contributed by atoms with E-state index in [1.165, 1.54) is 24.1 Å². The first kappa shape index (κ1) is 22.9. The highest BCUT2D eigenvalue weighted by molar-refractivity contribution is 5.76. The smallest absolute Gasteiger partial charge is 0.416 e. The summed E-state index contributed by atoms with van der Waals surface area (Å²) in [7, 11) is 1.37. The van der Waals surface area contributed by atoms with E-state index in [4.69, 9.17) is 9.47 Å². The summed E-state index contributed by atoms with van der Waals surface area (Å²) in [4.78, 5) is 13.6. The molecule has 0 atom stereocenters. The van der Waals surface area contributed by atoms with Crippen LogP contribution in [0.25, 0.3) is 11.1 Å². The van der Waals surface area contributed by atoms with E-state index in [2.05, 4.69) is 0 Å². The van der Waals surface area contributed by atoms with E-state index < -0.39 is 29.2 Å². The van der Waals surface area contributed by atoms with E-state index in [9.17, 15) is 22.4 Å². The number of methoxy groups -OCH3 is 1. The number of nitrogens with zero attached hydrogens (tertiary/aromatic N) is 1. The van der Waals surface area contributed by atoms with Crippen LogP contribution in [0.5, 0.6) is 5.75 Å². The minimum absolute atomic E-state index is 0.0946. The number of benzene rings is 2. The standard InChI is InChI=1S/C23H25F4NO3/c1-13(2)17-9-18(20(30-5)10-19(17)24)16-7-6-15(23(25,26)27)8-14(16)11-28-21(29)31-12-22(28,3)4/h6-10,13H,11-12H2,1-5H3. The van der Waals surface area contributed by atoms with E-state index in [1.54, 1.807) is 19.9 Å². The molecule has 31 heavy (non-hydrogen) atoms. The normalized spacial score (nSPS) is 16.1. The van der Waals surface area contributed by atoms with Crippen LogP contribution in [-0.2, 0) is 17.5 Å². The molecule has 1 amide bonds. The molecule has 0 aliphatic carbocycles. The second kappa shape index (κ2) is 8.05. The van der Waals surface area contributed by atoms with Crippen LogP contribution in [0.3, 0.4) is 0 Å². The van der Waals surface area contributed by atoms with Crippen molar-refractivity contribution in [1.82, 2.24) is 4.90 Å². The topological polar surface area (TPSA) is 38.8 Å². The quantitative estimate of drug-likeness (QED) is 0.508. The number of ether oxygens (including phenoxy) is 2. The van der Waals surface area contributed by atoms with Gasteiger partial charge in [0.1, 0.15) is 18.2 Å². The van der Waals surface area contributed by atoms with Gasteiger partial charge in [0, 0.05) is 11.6 Å². The lowest BCUT2D eigenvalue weighted by atomic mass is 9.91. The molecule has 2 aromatic carbocycles. The number of alkyl halides is 3. The number of amides is 1. The Kier molecular flexibility index (Phi) is 5.95. The first-order valence-corrected chi connectivity index (χ1v) is 9.87. The summed E-state index contributed by atoms with van der Waals surface area (Å²) in [6.45, 7) is 7.25. The van der Waals surface area contributed by atoms with E-state index in [-0.39, 0.29) is 30.4 Å². The molecular formula is C23H25F4NO3. The Bertz CT molecular complexity index is 999. The van der Waals surface area contributed by atoms with Crippen molar-refractivity contribution in [2.75, 3.05) is 13.7 Å². The first-order chi connectivity index (χ1) is 14.3. The summed E-state index contributed by atoms with van der Waals surface area (Å²) in [5.41, 5.74) is 0.0631. The van der Waals surface area contributed by atoms with E-state index in [1.807, 2.05) is 13.8 Å². The van der Waals surface area contributed by atoms with Gasteiger partial charge >= 0.3 is 12.3 Å². The van der Waals surface area contributed by atoms with Crippen molar-refractivity contribution in [1.29, 1.82) is 0 Å². The molecule has 1 saturated heterocycles. The number of rotatable bonds is 5. The van der Waals surface area contributed by atoms with Crippen LogP contribution >= 0.6 is 0 Å². The molecule has 2 aromatic rings. The van der Waals surface area contributed by atoms with Crippen LogP contribution in [0.1, 0.15) is 50.3 Å². The molecule has 0 aromatic heterocycles. The van der Waals surface area contributed by atoms with Gasteiger partial charge in [-0.05, 0) is 54.7 Å². The Hall–Kier alpha value is -2.77. The van der Waals surface area contributed by atoms with Gasteiger partial charge in [-0.25, -0.2) is 9.18 Å². The summed E-state index contributed by atoms with van der Waals surface area (Å²) in [5.74, 6) is -0.394. The molecule has 1 aliphatic heterocycles. The van der Waals surface area contributed by atoms with Crippen LogP contribution < -0.4 is 4.74 Å². The van der Waals surface area contributed by atoms with Gasteiger partial charge in [-0.15, -0.1) is 0 Å².